The van der Waals surface area contributed by atoms with Crippen molar-refractivity contribution in [3.8, 4) is 11.5 Å². The average Bonchev–Trinajstić information content (AvgIpc) is 2.39. The maximum Gasteiger partial charge on any atom is 0.241 e. The fourth-order valence-electron chi connectivity index (χ4n) is 1.63. The summed E-state index contributed by atoms with van der Waals surface area (Å²) >= 11 is 0. The molecule has 1 amide bonds. The lowest BCUT2D eigenvalue weighted by Crippen LogP contribution is -2.34. The smallest absolute Gasteiger partial charge is 0.241 e. The molecule has 0 heterocycles. The van der Waals surface area contributed by atoms with Gasteiger partial charge in [-0.1, -0.05) is 0 Å². The number of hydrogen-bond donors (Lipinski definition) is 2. The minimum absolute atomic E-state index is 0.115. The molecule has 0 aromatic heterocycles. The Morgan fingerprint density at radius 2 is 1.94 bits per heavy atom. The van der Waals surface area contributed by atoms with Gasteiger partial charge in [-0.3, -0.25) is 4.79 Å². The third-order valence-electron chi connectivity index (χ3n) is 2.55. The second-order valence-corrected chi connectivity index (χ2v) is 3.44. The van der Waals surface area contributed by atoms with Crippen molar-refractivity contribution in [1.29, 1.82) is 0 Å². The second kappa shape index (κ2) is 6.10. The Bertz CT molecular complexity index is 393. The molecule has 94 valence electrons. The number of methoxy groups -OCH3 is 2. The average molecular weight is 238 g/mol. The van der Waals surface area contributed by atoms with Crippen LogP contribution in [0.15, 0.2) is 18.2 Å². The van der Waals surface area contributed by atoms with E-state index in [1.807, 2.05) is 6.07 Å². The maximum absolute atomic E-state index is 11.7. The molecule has 0 aliphatic carbocycles. The van der Waals surface area contributed by atoms with Gasteiger partial charge in [0.05, 0.1) is 14.2 Å². The lowest BCUT2D eigenvalue weighted by atomic mass is 10.0. The van der Waals surface area contributed by atoms with Crippen LogP contribution in [-0.2, 0) is 4.79 Å². The molecule has 0 saturated carbocycles. The molecular formula is C12H18N2O3. The third kappa shape index (κ3) is 2.88. The van der Waals surface area contributed by atoms with E-state index in [1.165, 1.54) is 0 Å². The van der Waals surface area contributed by atoms with E-state index in [-0.39, 0.29) is 5.91 Å². The number of hydrogen-bond acceptors (Lipinski definition) is 4. The number of carbonyl (C=O) groups is 1. The highest BCUT2D eigenvalue weighted by Gasteiger charge is 2.21. The summed E-state index contributed by atoms with van der Waals surface area (Å²) in [4.78, 5) is 11.7. The van der Waals surface area contributed by atoms with Crippen molar-refractivity contribution in [3.05, 3.63) is 23.8 Å². The van der Waals surface area contributed by atoms with E-state index in [0.29, 0.717) is 11.5 Å². The zero-order valence-electron chi connectivity index (χ0n) is 10.5. The van der Waals surface area contributed by atoms with Crippen LogP contribution in [0.2, 0.25) is 0 Å². The fourth-order valence-corrected chi connectivity index (χ4v) is 1.63. The Kier molecular flexibility index (Phi) is 4.78. The van der Waals surface area contributed by atoms with E-state index < -0.39 is 6.04 Å². The highest BCUT2D eigenvalue weighted by Crippen LogP contribution is 2.29. The van der Waals surface area contributed by atoms with Crippen LogP contribution in [0.5, 0.6) is 11.5 Å². The van der Waals surface area contributed by atoms with Gasteiger partial charge in [0.2, 0.25) is 5.91 Å². The Morgan fingerprint density at radius 3 is 2.41 bits per heavy atom. The van der Waals surface area contributed by atoms with Gasteiger partial charge in [-0.15, -0.1) is 0 Å². The van der Waals surface area contributed by atoms with Crippen LogP contribution < -0.4 is 20.1 Å². The minimum atomic E-state index is -0.444. The van der Waals surface area contributed by atoms with Gasteiger partial charge in [0.15, 0.2) is 0 Å². The summed E-state index contributed by atoms with van der Waals surface area (Å²) in [6.07, 6.45) is 0. The zero-order valence-corrected chi connectivity index (χ0v) is 10.5. The molecule has 17 heavy (non-hydrogen) atoms. The van der Waals surface area contributed by atoms with Crippen LogP contribution in [0, 0.1) is 0 Å². The molecule has 2 N–H and O–H groups in total. The van der Waals surface area contributed by atoms with Crippen molar-refractivity contribution >= 4 is 5.91 Å². The Balaban J connectivity index is 3.14. The predicted octanol–water partition coefficient (Wildman–Crippen LogP) is 0.710. The summed E-state index contributed by atoms with van der Waals surface area (Å²) in [5.41, 5.74) is 0.773. The van der Waals surface area contributed by atoms with Crippen LogP contribution in [0.3, 0.4) is 0 Å². The van der Waals surface area contributed by atoms with Crippen molar-refractivity contribution in [2.45, 2.75) is 6.04 Å². The SMILES string of the molecule is CNC(=O)C(NC)c1ccc(OC)cc1OC. The van der Waals surface area contributed by atoms with Crippen molar-refractivity contribution < 1.29 is 14.3 Å². The number of amides is 1. The number of rotatable bonds is 5. The van der Waals surface area contributed by atoms with Gasteiger partial charge in [-0.25, -0.2) is 0 Å². The lowest BCUT2D eigenvalue weighted by molar-refractivity contribution is -0.122. The summed E-state index contributed by atoms with van der Waals surface area (Å²) in [6.45, 7) is 0. The molecule has 0 radical (unpaired) electrons. The fraction of sp³-hybridized carbons (Fsp3) is 0.417. The molecule has 1 rings (SSSR count). The molecule has 1 aromatic rings. The van der Waals surface area contributed by atoms with Gasteiger partial charge in [-0.2, -0.15) is 0 Å². The molecule has 0 aliphatic rings. The van der Waals surface area contributed by atoms with Gasteiger partial charge < -0.3 is 20.1 Å². The van der Waals surface area contributed by atoms with E-state index in [2.05, 4.69) is 10.6 Å². The summed E-state index contributed by atoms with van der Waals surface area (Å²) in [7, 11) is 6.48. The van der Waals surface area contributed by atoms with Gasteiger partial charge in [0.25, 0.3) is 0 Å². The molecule has 0 spiro atoms. The zero-order chi connectivity index (χ0) is 12.8. The topological polar surface area (TPSA) is 59.6 Å². The molecule has 1 atom stereocenters. The highest BCUT2D eigenvalue weighted by atomic mass is 16.5. The van der Waals surface area contributed by atoms with Gasteiger partial charge in [-0.05, 0) is 19.2 Å². The quantitative estimate of drug-likeness (QED) is 0.793. The van der Waals surface area contributed by atoms with Gasteiger partial charge in [0, 0.05) is 18.7 Å². The van der Waals surface area contributed by atoms with Crippen molar-refractivity contribution in [2.24, 2.45) is 0 Å². The Hall–Kier alpha value is -1.75. The molecule has 1 aromatic carbocycles. The molecule has 5 nitrogen and oxygen atoms in total. The predicted molar refractivity (Wildman–Crippen MR) is 65.4 cm³/mol. The first-order valence-corrected chi connectivity index (χ1v) is 5.28. The van der Waals surface area contributed by atoms with E-state index in [4.69, 9.17) is 9.47 Å². The first-order valence-electron chi connectivity index (χ1n) is 5.28. The van der Waals surface area contributed by atoms with Crippen LogP contribution in [0.1, 0.15) is 11.6 Å². The van der Waals surface area contributed by atoms with Gasteiger partial charge in [0.1, 0.15) is 17.5 Å². The largest absolute Gasteiger partial charge is 0.497 e. The van der Waals surface area contributed by atoms with Crippen molar-refractivity contribution in [2.75, 3.05) is 28.3 Å². The van der Waals surface area contributed by atoms with Crippen molar-refractivity contribution in [3.63, 3.8) is 0 Å². The number of benzene rings is 1. The normalized spacial score (nSPS) is 11.8. The first-order chi connectivity index (χ1) is 8.17. The molecule has 0 saturated heterocycles. The van der Waals surface area contributed by atoms with Crippen molar-refractivity contribution in [1.82, 2.24) is 10.6 Å². The number of nitrogens with one attached hydrogen (secondary N) is 2. The monoisotopic (exact) mass is 238 g/mol. The first kappa shape index (κ1) is 13.3. The Labute approximate surface area is 101 Å². The summed E-state index contributed by atoms with van der Waals surface area (Å²) in [5.74, 6) is 1.20. The van der Waals surface area contributed by atoms with Crippen LogP contribution in [-0.4, -0.2) is 34.2 Å². The maximum atomic E-state index is 11.7. The number of carbonyl (C=O) groups excluding carboxylic acids is 1. The molecule has 0 aliphatic heterocycles. The third-order valence-corrected chi connectivity index (χ3v) is 2.55. The number of ether oxygens (including phenoxy) is 2. The van der Waals surface area contributed by atoms with E-state index >= 15 is 0 Å². The van der Waals surface area contributed by atoms with Crippen LogP contribution >= 0.6 is 0 Å². The van der Waals surface area contributed by atoms with E-state index in [0.717, 1.165) is 5.56 Å². The molecule has 1 unspecified atom stereocenters. The standard InChI is InChI=1S/C12H18N2O3/c1-13-11(12(15)14-2)9-6-5-8(16-3)7-10(9)17-4/h5-7,11,13H,1-4H3,(H,14,15). The summed E-state index contributed by atoms with van der Waals surface area (Å²) < 4.78 is 10.4. The lowest BCUT2D eigenvalue weighted by Gasteiger charge is -2.18. The van der Waals surface area contributed by atoms with E-state index in [1.54, 1.807) is 40.4 Å². The van der Waals surface area contributed by atoms with Gasteiger partial charge >= 0.3 is 0 Å². The molecule has 0 fully saturated rings. The molecule has 0 bridgehead atoms. The second-order valence-electron chi connectivity index (χ2n) is 3.44. The summed E-state index contributed by atoms with van der Waals surface area (Å²) in [5, 5.41) is 5.55. The molecular weight excluding hydrogens is 220 g/mol. The summed E-state index contributed by atoms with van der Waals surface area (Å²) in [6, 6.07) is 4.92. The minimum Gasteiger partial charge on any atom is -0.497 e. The highest BCUT2D eigenvalue weighted by molar-refractivity contribution is 5.83. The van der Waals surface area contributed by atoms with E-state index in [9.17, 15) is 4.79 Å². The van der Waals surface area contributed by atoms with Crippen LogP contribution in [0.25, 0.3) is 0 Å². The van der Waals surface area contributed by atoms with Crippen LogP contribution in [0.4, 0.5) is 0 Å². The number of likely N-dealkylation sites (N-methyl/N-ethyl adjacent to an activating group) is 2. The molecule has 5 heteroatoms. The Morgan fingerprint density at radius 1 is 1.24 bits per heavy atom.